The van der Waals surface area contributed by atoms with E-state index in [0.29, 0.717) is 17.4 Å². The highest BCUT2D eigenvalue weighted by Gasteiger charge is 2.41. The molecule has 0 bridgehead atoms. The first kappa shape index (κ1) is 21.4. The van der Waals surface area contributed by atoms with Gasteiger partial charge in [-0.25, -0.2) is 4.99 Å². The number of hydrogen-bond donors (Lipinski definition) is 0. The first-order chi connectivity index (χ1) is 15.2. The standard InChI is InChI=1S/C26H28N2O2S/c1-3-17-30-22-15-13-20(14-16-22)18-24-25(29)28(23-12-8-7-9-19(23)2)26(31-24)27-21-10-5-4-6-11-21/h3-6,10-11,13-16,18-19,23H,1,7-9,12,17H2,2H3/b24-18-,27-26?/t19-,23+/m0/s1. The van der Waals surface area contributed by atoms with Gasteiger partial charge in [-0.15, -0.1) is 0 Å². The number of thioether (sulfide) groups is 1. The fourth-order valence-electron chi connectivity index (χ4n) is 4.12. The van der Waals surface area contributed by atoms with Crippen LogP contribution in [0.25, 0.3) is 6.08 Å². The van der Waals surface area contributed by atoms with Gasteiger partial charge in [-0.05, 0) is 66.4 Å². The van der Waals surface area contributed by atoms with Crippen LogP contribution in [0.5, 0.6) is 5.75 Å². The van der Waals surface area contributed by atoms with E-state index in [1.165, 1.54) is 18.2 Å². The van der Waals surface area contributed by atoms with Crippen molar-refractivity contribution in [2.24, 2.45) is 10.9 Å². The van der Waals surface area contributed by atoms with Gasteiger partial charge in [-0.1, -0.05) is 62.8 Å². The summed E-state index contributed by atoms with van der Waals surface area (Å²) in [6, 6.07) is 17.9. The molecule has 1 aliphatic heterocycles. The van der Waals surface area contributed by atoms with Crippen LogP contribution >= 0.6 is 11.8 Å². The average Bonchev–Trinajstić information content (AvgIpc) is 3.09. The van der Waals surface area contributed by atoms with Crippen LogP contribution < -0.4 is 4.74 Å². The zero-order valence-corrected chi connectivity index (χ0v) is 18.7. The fraction of sp³-hybridized carbons (Fsp3) is 0.308. The Bertz CT molecular complexity index is 982. The third-order valence-electron chi connectivity index (χ3n) is 5.76. The molecule has 4 nitrogen and oxygen atoms in total. The molecule has 31 heavy (non-hydrogen) atoms. The van der Waals surface area contributed by atoms with Crippen LogP contribution in [0, 0.1) is 5.92 Å². The van der Waals surface area contributed by atoms with Crippen molar-refractivity contribution in [2.75, 3.05) is 6.61 Å². The van der Waals surface area contributed by atoms with Crippen LogP contribution in [-0.4, -0.2) is 28.6 Å². The third kappa shape index (κ3) is 5.10. The van der Waals surface area contributed by atoms with Gasteiger partial charge in [-0.3, -0.25) is 9.69 Å². The quantitative estimate of drug-likeness (QED) is 0.390. The molecule has 1 amide bonds. The predicted molar refractivity (Wildman–Crippen MR) is 130 cm³/mol. The van der Waals surface area contributed by atoms with E-state index in [4.69, 9.17) is 9.73 Å². The van der Waals surface area contributed by atoms with Crippen molar-refractivity contribution >= 4 is 34.6 Å². The maximum atomic E-state index is 13.5. The number of hydrogen-bond acceptors (Lipinski definition) is 4. The molecule has 2 fully saturated rings. The largest absolute Gasteiger partial charge is 0.490 e. The van der Waals surface area contributed by atoms with Gasteiger partial charge in [0.05, 0.1) is 10.6 Å². The molecule has 5 heteroatoms. The normalized spacial score (nSPS) is 24.0. The topological polar surface area (TPSA) is 41.9 Å². The van der Waals surface area contributed by atoms with Gasteiger partial charge < -0.3 is 4.74 Å². The van der Waals surface area contributed by atoms with E-state index in [2.05, 4.69) is 13.5 Å². The minimum atomic E-state index is 0.0606. The Morgan fingerprint density at radius 2 is 1.87 bits per heavy atom. The zero-order chi connectivity index (χ0) is 21.6. The van der Waals surface area contributed by atoms with Crippen molar-refractivity contribution in [1.82, 2.24) is 4.90 Å². The number of aliphatic imine (C=N–C) groups is 1. The number of para-hydroxylation sites is 1. The van der Waals surface area contributed by atoms with Crippen molar-refractivity contribution in [3.05, 3.63) is 77.7 Å². The highest BCUT2D eigenvalue weighted by molar-refractivity contribution is 8.18. The highest BCUT2D eigenvalue weighted by Crippen LogP contribution is 2.40. The van der Waals surface area contributed by atoms with Crippen LogP contribution in [-0.2, 0) is 4.79 Å². The van der Waals surface area contributed by atoms with Gasteiger partial charge >= 0.3 is 0 Å². The number of amides is 1. The highest BCUT2D eigenvalue weighted by atomic mass is 32.2. The van der Waals surface area contributed by atoms with Crippen molar-refractivity contribution in [1.29, 1.82) is 0 Å². The number of benzene rings is 2. The van der Waals surface area contributed by atoms with Crippen molar-refractivity contribution in [3.63, 3.8) is 0 Å². The number of carbonyl (C=O) groups is 1. The molecule has 1 heterocycles. The lowest BCUT2D eigenvalue weighted by Crippen LogP contribution is -2.44. The molecular weight excluding hydrogens is 404 g/mol. The van der Waals surface area contributed by atoms with Gasteiger partial charge in [0.25, 0.3) is 5.91 Å². The second kappa shape index (κ2) is 10.0. The van der Waals surface area contributed by atoms with E-state index in [1.807, 2.05) is 65.6 Å². The van der Waals surface area contributed by atoms with Gasteiger partial charge in [0.2, 0.25) is 0 Å². The summed E-state index contributed by atoms with van der Waals surface area (Å²) in [7, 11) is 0. The lowest BCUT2D eigenvalue weighted by Gasteiger charge is -2.35. The van der Waals surface area contributed by atoms with Crippen molar-refractivity contribution < 1.29 is 9.53 Å². The summed E-state index contributed by atoms with van der Waals surface area (Å²) in [5.41, 5.74) is 1.84. The number of rotatable bonds is 6. The molecule has 160 valence electrons. The molecule has 2 aromatic carbocycles. The summed E-state index contributed by atoms with van der Waals surface area (Å²) in [4.78, 5) is 21.0. The predicted octanol–water partition coefficient (Wildman–Crippen LogP) is 6.43. The van der Waals surface area contributed by atoms with Crippen LogP contribution in [0.3, 0.4) is 0 Å². The summed E-state index contributed by atoms with van der Waals surface area (Å²) in [6.45, 7) is 6.40. The molecule has 0 unspecified atom stereocenters. The molecule has 2 atom stereocenters. The molecule has 1 saturated carbocycles. The molecule has 1 aliphatic carbocycles. The fourth-order valence-corrected chi connectivity index (χ4v) is 5.16. The minimum Gasteiger partial charge on any atom is -0.490 e. The summed E-state index contributed by atoms with van der Waals surface area (Å²) in [5.74, 6) is 1.32. The third-order valence-corrected chi connectivity index (χ3v) is 6.74. The molecule has 1 saturated heterocycles. The maximum Gasteiger partial charge on any atom is 0.267 e. The van der Waals surface area contributed by atoms with Crippen LogP contribution in [0.4, 0.5) is 5.69 Å². The lowest BCUT2D eigenvalue weighted by atomic mass is 9.85. The van der Waals surface area contributed by atoms with E-state index in [-0.39, 0.29) is 11.9 Å². The number of amidine groups is 1. The SMILES string of the molecule is C=CCOc1ccc(/C=C2\SC(=Nc3ccccc3)N([C@@H]3CCCC[C@@H]3C)C2=O)cc1. The van der Waals surface area contributed by atoms with Crippen LogP contribution in [0.2, 0.25) is 0 Å². The minimum absolute atomic E-state index is 0.0606. The Morgan fingerprint density at radius 1 is 1.13 bits per heavy atom. The molecular formula is C26H28N2O2S. The Hall–Kier alpha value is -2.79. The Morgan fingerprint density at radius 3 is 2.58 bits per heavy atom. The monoisotopic (exact) mass is 432 g/mol. The van der Waals surface area contributed by atoms with Gasteiger partial charge in [0.1, 0.15) is 12.4 Å². The van der Waals surface area contributed by atoms with Crippen molar-refractivity contribution in [2.45, 2.75) is 38.6 Å². The summed E-state index contributed by atoms with van der Waals surface area (Å²) >= 11 is 1.47. The van der Waals surface area contributed by atoms with Crippen LogP contribution in [0.15, 0.2) is 77.1 Å². The number of carbonyl (C=O) groups excluding carboxylic acids is 1. The van der Waals surface area contributed by atoms with Gasteiger partial charge in [0, 0.05) is 6.04 Å². The second-order valence-corrected chi connectivity index (χ2v) is 9.02. The average molecular weight is 433 g/mol. The molecule has 2 aliphatic rings. The lowest BCUT2D eigenvalue weighted by molar-refractivity contribution is -0.124. The zero-order valence-electron chi connectivity index (χ0n) is 17.9. The number of ether oxygens (including phenoxy) is 1. The molecule has 4 rings (SSSR count). The van der Waals surface area contributed by atoms with E-state index < -0.39 is 0 Å². The Kier molecular flexibility index (Phi) is 6.92. The molecule has 0 spiro atoms. The van der Waals surface area contributed by atoms with Crippen LogP contribution in [0.1, 0.15) is 38.2 Å². The first-order valence-electron chi connectivity index (χ1n) is 10.9. The van der Waals surface area contributed by atoms with Gasteiger partial charge in [-0.2, -0.15) is 0 Å². The van der Waals surface area contributed by atoms with E-state index in [9.17, 15) is 4.79 Å². The summed E-state index contributed by atoms with van der Waals surface area (Å²) < 4.78 is 5.55. The van der Waals surface area contributed by atoms with E-state index in [1.54, 1.807) is 6.08 Å². The summed E-state index contributed by atoms with van der Waals surface area (Å²) in [6.07, 6.45) is 8.26. The van der Waals surface area contributed by atoms with E-state index >= 15 is 0 Å². The molecule has 0 aromatic heterocycles. The second-order valence-electron chi connectivity index (χ2n) is 8.01. The Labute approximate surface area is 188 Å². The summed E-state index contributed by atoms with van der Waals surface area (Å²) in [5, 5.41) is 0.784. The van der Waals surface area contributed by atoms with E-state index in [0.717, 1.165) is 41.4 Å². The van der Waals surface area contributed by atoms with Crippen molar-refractivity contribution in [3.8, 4) is 5.75 Å². The van der Waals surface area contributed by atoms with Gasteiger partial charge in [0.15, 0.2) is 5.17 Å². The smallest absolute Gasteiger partial charge is 0.267 e. The molecule has 2 aromatic rings. The Balaban J connectivity index is 1.63. The molecule has 0 N–H and O–H groups in total. The number of nitrogens with zero attached hydrogens (tertiary/aromatic N) is 2. The maximum absolute atomic E-state index is 13.5. The molecule has 0 radical (unpaired) electrons. The first-order valence-corrected chi connectivity index (χ1v) is 11.7.